The zero-order valence-electron chi connectivity index (χ0n) is 8.30. The molecule has 0 fully saturated rings. The summed E-state index contributed by atoms with van der Waals surface area (Å²) in [5.41, 5.74) is 0.498. The Morgan fingerprint density at radius 3 is 2.57 bits per heavy atom. The van der Waals surface area contributed by atoms with Gasteiger partial charge in [-0.15, -0.1) is 0 Å². The first kappa shape index (κ1) is 10.7. The van der Waals surface area contributed by atoms with Crippen molar-refractivity contribution >= 4 is 5.78 Å². The van der Waals surface area contributed by atoms with Crippen molar-refractivity contribution in [2.75, 3.05) is 0 Å². The summed E-state index contributed by atoms with van der Waals surface area (Å²) in [5.74, 6) is -1.44. The van der Waals surface area contributed by atoms with E-state index >= 15 is 0 Å². The third-order valence-corrected chi connectivity index (χ3v) is 2.20. The molecule has 0 aliphatic carbocycles. The molecule has 2 nitrogen and oxygen atoms in total. The molecule has 1 aromatic rings. The lowest BCUT2D eigenvalue weighted by atomic mass is 10.0. The number of carbonyl (C=O) groups is 1. The number of halogens is 1. The van der Waals surface area contributed by atoms with E-state index in [2.05, 4.69) is 0 Å². The molecular weight excluding hydrogens is 183 g/mol. The zero-order chi connectivity index (χ0) is 10.7. The summed E-state index contributed by atoms with van der Waals surface area (Å²) in [6.45, 7) is 3.46. The van der Waals surface area contributed by atoms with Gasteiger partial charge in [0.15, 0.2) is 17.3 Å². The van der Waals surface area contributed by atoms with Crippen molar-refractivity contribution in [3.05, 3.63) is 29.1 Å². The predicted molar refractivity (Wildman–Crippen MR) is 52.1 cm³/mol. The van der Waals surface area contributed by atoms with E-state index in [0.29, 0.717) is 12.0 Å². The number of hydrogen-bond acceptors (Lipinski definition) is 2. The van der Waals surface area contributed by atoms with Gasteiger partial charge in [0.05, 0.1) is 5.56 Å². The van der Waals surface area contributed by atoms with Crippen LogP contribution >= 0.6 is 0 Å². The molecule has 0 aliphatic heterocycles. The van der Waals surface area contributed by atoms with Gasteiger partial charge in [0, 0.05) is 6.42 Å². The van der Waals surface area contributed by atoms with Crippen LogP contribution in [0.25, 0.3) is 0 Å². The quantitative estimate of drug-likeness (QED) is 0.754. The Morgan fingerprint density at radius 1 is 1.43 bits per heavy atom. The van der Waals surface area contributed by atoms with Gasteiger partial charge < -0.3 is 5.11 Å². The number of Topliss-reactive ketones (excluding diaryl/α,β-unsaturated/α-hetero) is 1. The van der Waals surface area contributed by atoms with Crippen molar-refractivity contribution in [1.82, 2.24) is 0 Å². The maximum atomic E-state index is 13.4. The highest BCUT2D eigenvalue weighted by Gasteiger charge is 2.15. The van der Waals surface area contributed by atoms with Gasteiger partial charge in [-0.1, -0.05) is 19.9 Å². The van der Waals surface area contributed by atoms with Crippen LogP contribution in [-0.2, 0) is 6.42 Å². The minimum Gasteiger partial charge on any atom is -0.504 e. The first-order valence-corrected chi connectivity index (χ1v) is 4.65. The lowest BCUT2D eigenvalue weighted by Gasteiger charge is -2.06. The van der Waals surface area contributed by atoms with Crippen LogP contribution in [0.4, 0.5) is 4.39 Å². The third kappa shape index (κ3) is 1.76. The highest BCUT2D eigenvalue weighted by Crippen LogP contribution is 2.25. The molecule has 0 amide bonds. The minimum atomic E-state index is -0.674. The summed E-state index contributed by atoms with van der Waals surface area (Å²) in [6, 6.07) is 3.01. The first-order valence-electron chi connectivity index (χ1n) is 4.65. The SMILES string of the molecule is CCC(=O)c1ccc(CC)c(F)c1O. The van der Waals surface area contributed by atoms with E-state index in [1.807, 2.05) is 0 Å². The van der Waals surface area contributed by atoms with E-state index < -0.39 is 11.6 Å². The van der Waals surface area contributed by atoms with E-state index in [1.54, 1.807) is 13.8 Å². The molecule has 0 saturated heterocycles. The fraction of sp³-hybridized carbons (Fsp3) is 0.364. The van der Waals surface area contributed by atoms with Crippen molar-refractivity contribution < 1.29 is 14.3 Å². The highest BCUT2D eigenvalue weighted by molar-refractivity contribution is 5.98. The molecule has 0 aromatic heterocycles. The summed E-state index contributed by atoms with van der Waals surface area (Å²) < 4.78 is 13.4. The maximum Gasteiger partial charge on any atom is 0.168 e. The smallest absolute Gasteiger partial charge is 0.168 e. The van der Waals surface area contributed by atoms with Crippen LogP contribution in [0.5, 0.6) is 5.75 Å². The molecule has 0 heterocycles. The van der Waals surface area contributed by atoms with Gasteiger partial charge in [0.1, 0.15) is 0 Å². The molecule has 0 radical (unpaired) electrons. The summed E-state index contributed by atoms with van der Waals surface area (Å²) in [6.07, 6.45) is 0.762. The summed E-state index contributed by atoms with van der Waals surface area (Å²) in [7, 11) is 0. The maximum absolute atomic E-state index is 13.4. The number of benzene rings is 1. The topological polar surface area (TPSA) is 37.3 Å². The predicted octanol–water partition coefficient (Wildman–Crippen LogP) is 2.69. The number of carbonyl (C=O) groups excluding carboxylic acids is 1. The van der Waals surface area contributed by atoms with Crippen LogP contribution in [0.3, 0.4) is 0 Å². The number of ketones is 1. The van der Waals surface area contributed by atoms with Crippen LogP contribution in [-0.4, -0.2) is 10.9 Å². The van der Waals surface area contributed by atoms with E-state index in [0.717, 1.165) is 0 Å². The van der Waals surface area contributed by atoms with Gasteiger partial charge in [0.25, 0.3) is 0 Å². The van der Waals surface area contributed by atoms with E-state index in [-0.39, 0.29) is 17.8 Å². The second-order valence-corrected chi connectivity index (χ2v) is 3.07. The molecule has 1 aromatic carbocycles. The normalized spacial score (nSPS) is 10.2. The highest BCUT2D eigenvalue weighted by atomic mass is 19.1. The Kier molecular flexibility index (Phi) is 3.23. The van der Waals surface area contributed by atoms with Crippen molar-refractivity contribution in [3.8, 4) is 5.75 Å². The van der Waals surface area contributed by atoms with Crippen molar-refractivity contribution in [2.45, 2.75) is 26.7 Å². The average molecular weight is 196 g/mol. The summed E-state index contributed by atoms with van der Waals surface area (Å²) >= 11 is 0. The van der Waals surface area contributed by atoms with Gasteiger partial charge in [-0.3, -0.25) is 4.79 Å². The average Bonchev–Trinajstić information content (AvgIpc) is 2.21. The van der Waals surface area contributed by atoms with E-state index in [9.17, 15) is 14.3 Å². The molecule has 0 aliphatic rings. The molecule has 0 atom stereocenters. The fourth-order valence-electron chi connectivity index (χ4n) is 1.29. The Labute approximate surface area is 82.4 Å². The molecule has 0 saturated carbocycles. The van der Waals surface area contributed by atoms with Crippen LogP contribution in [0.1, 0.15) is 36.2 Å². The first-order chi connectivity index (χ1) is 6.61. The van der Waals surface area contributed by atoms with Gasteiger partial charge >= 0.3 is 0 Å². The molecule has 1 rings (SSSR count). The molecule has 1 N–H and O–H groups in total. The van der Waals surface area contributed by atoms with Crippen molar-refractivity contribution in [2.24, 2.45) is 0 Å². The second kappa shape index (κ2) is 4.22. The van der Waals surface area contributed by atoms with Crippen LogP contribution in [0, 0.1) is 5.82 Å². The number of hydrogen-bond donors (Lipinski definition) is 1. The molecule has 0 unspecified atom stereocenters. The number of phenols is 1. The number of aromatic hydroxyl groups is 1. The summed E-state index contributed by atoms with van der Waals surface area (Å²) in [4.78, 5) is 11.3. The largest absolute Gasteiger partial charge is 0.504 e. The van der Waals surface area contributed by atoms with Gasteiger partial charge in [-0.2, -0.15) is 0 Å². The molecule has 76 valence electrons. The fourth-order valence-corrected chi connectivity index (χ4v) is 1.29. The zero-order valence-corrected chi connectivity index (χ0v) is 8.30. The molecular formula is C11H13FO2. The molecule has 0 bridgehead atoms. The lowest BCUT2D eigenvalue weighted by Crippen LogP contribution is -2.00. The van der Waals surface area contributed by atoms with E-state index in [4.69, 9.17) is 0 Å². The van der Waals surface area contributed by atoms with Gasteiger partial charge in [-0.25, -0.2) is 4.39 Å². The molecule has 3 heteroatoms. The Bertz CT molecular complexity index is 359. The monoisotopic (exact) mass is 196 g/mol. The van der Waals surface area contributed by atoms with Crippen LogP contribution in [0.15, 0.2) is 12.1 Å². The third-order valence-electron chi connectivity index (χ3n) is 2.20. The standard InChI is InChI=1S/C11H13FO2/c1-3-7-5-6-8(9(13)4-2)11(14)10(7)12/h5-6,14H,3-4H2,1-2H3. The Balaban J connectivity index is 3.24. The van der Waals surface area contributed by atoms with E-state index in [1.165, 1.54) is 12.1 Å². The lowest BCUT2D eigenvalue weighted by molar-refractivity contribution is 0.0984. The molecule has 14 heavy (non-hydrogen) atoms. The Morgan fingerprint density at radius 2 is 2.07 bits per heavy atom. The van der Waals surface area contributed by atoms with Gasteiger partial charge in [-0.05, 0) is 18.1 Å². The number of phenolic OH excluding ortho intramolecular Hbond substituents is 1. The second-order valence-electron chi connectivity index (χ2n) is 3.07. The minimum absolute atomic E-state index is 0.0715. The summed E-state index contributed by atoms with van der Waals surface area (Å²) in [5, 5.41) is 9.42. The van der Waals surface area contributed by atoms with Crippen LogP contribution in [0.2, 0.25) is 0 Å². The van der Waals surface area contributed by atoms with Crippen molar-refractivity contribution in [3.63, 3.8) is 0 Å². The number of aryl methyl sites for hydroxylation is 1. The van der Waals surface area contributed by atoms with Crippen molar-refractivity contribution in [1.29, 1.82) is 0 Å². The molecule has 0 spiro atoms. The van der Waals surface area contributed by atoms with Gasteiger partial charge in [0.2, 0.25) is 0 Å². The number of rotatable bonds is 3. The van der Waals surface area contributed by atoms with Crippen LogP contribution < -0.4 is 0 Å². The Hall–Kier alpha value is -1.38.